The number of carbonyl (C=O) groups excluding carboxylic acids is 2. The van der Waals surface area contributed by atoms with Crippen LogP contribution in [0.4, 0.5) is 5.69 Å². The van der Waals surface area contributed by atoms with Gasteiger partial charge in [-0.25, -0.2) is 0 Å². The monoisotopic (exact) mass is 328 g/mol. The lowest BCUT2D eigenvalue weighted by Gasteiger charge is -2.22. The van der Waals surface area contributed by atoms with Crippen molar-refractivity contribution in [1.82, 2.24) is 4.90 Å². The van der Waals surface area contributed by atoms with Crippen molar-refractivity contribution in [3.63, 3.8) is 0 Å². The SMILES string of the molecule is CCN(CC)C(=O)C1CC(=O)N(c2cc(Cl)cc(Cl)c2)C1. The van der Waals surface area contributed by atoms with E-state index in [-0.39, 0.29) is 24.2 Å². The normalized spacial score (nSPS) is 18.2. The van der Waals surface area contributed by atoms with E-state index in [1.165, 1.54) is 0 Å². The van der Waals surface area contributed by atoms with Gasteiger partial charge >= 0.3 is 0 Å². The van der Waals surface area contributed by atoms with Crippen LogP contribution >= 0.6 is 23.2 Å². The summed E-state index contributed by atoms with van der Waals surface area (Å²) in [4.78, 5) is 27.9. The molecule has 6 heteroatoms. The first kappa shape index (κ1) is 16.1. The first-order chi connectivity index (χ1) is 9.96. The van der Waals surface area contributed by atoms with Gasteiger partial charge in [0.05, 0.1) is 5.92 Å². The number of carbonyl (C=O) groups is 2. The number of halogens is 2. The number of benzene rings is 1. The molecule has 1 aromatic rings. The van der Waals surface area contributed by atoms with Crippen molar-refractivity contribution in [3.05, 3.63) is 28.2 Å². The molecule has 4 nitrogen and oxygen atoms in total. The maximum absolute atomic E-state index is 12.4. The van der Waals surface area contributed by atoms with Gasteiger partial charge in [0.15, 0.2) is 0 Å². The van der Waals surface area contributed by atoms with Crippen LogP contribution in [0, 0.1) is 5.92 Å². The van der Waals surface area contributed by atoms with Crippen molar-refractivity contribution in [2.24, 2.45) is 5.92 Å². The average molecular weight is 329 g/mol. The molecule has 1 unspecified atom stereocenters. The second-order valence-corrected chi connectivity index (χ2v) is 5.92. The molecule has 2 amide bonds. The fourth-order valence-electron chi connectivity index (χ4n) is 2.61. The summed E-state index contributed by atoms with van der Waals surface area (Å²) in [6.45, 7) is 5.57. The molecular formula is C15H18Cl2N2O2. The summed E-state index contributed by atoms with van der Waals surface area (Å²) in [5.74, 6) is -0.335. The van der Waals surface area contributed by atoms with E-state index in [1.54, 1.807) is 28.0 Å². The summed E-state index contributed by atoms with van der Waals surface area (Å²) in [6.07, 6.45) is 0.236. The predicted molar refractivity (Wildman–Crippen MR) is 84.9 cm³/mol. The van der Waals surface area contributed by atoms with Gasteiger partial charge in [0.25, 0.3) is 0 Å². The van der Waals surface area contributed by atoms with Gasteiger partial charge in [-0.3, -0.25) is 9.59 Å². The van der Waals surface area contributed by atoms with E-state index >= 15 is 0 Å². The maximum atomic E-state index is 12.4. The highest BCUT2D eigenvalue weighted by Crippen LogP contribution is 2.30. The third-order valence-electron chi connectivity index (χ3n) is 3.71. The molecule has 0 aromatic heterocycles. The van der Waals surface area contributed by atoms with E-state index < -0.39 is 0 Å². The van der Waals surface area contributed by atoms with Crippen LogP contribution in [0.3, 0.4) is 0 Å². The molecule has 0 saturated carbocycles. The number of anilines is 1. The number of rotatable bonds is 4. The van der Waals surface area contributed by atoms with Gasteiger partial charge in [-0.1, -0.05) is 23.2 Å². The van der Waals surface area contributed by atoms with Crippen LogP contribution in [0.25, 0.3) is 0 Å². The van der Waals surface area contributed by atoms with Crippen LogP contribution in [0.5, 0.6) is 0 Å². The van der Waals surface area contributed by atoms with E-state index in [9.17, 15) is 9.59 Å². The minimum Gasteiger partial charge on any atom is -0.343 e. The lowest BCUT2D eigenvalue weighted by Crippen LogP contribution is -2.37. The minimum atomic E-state index is -0.296. The van der Waals surface area contributed by atoms with Crippen molar-refractivity contribution < 1.29 is 9.59 Å². The van der Waals surface area contributed by atoms with Crippen LogP contribution in [-0.2, 0) is 9.59 Å². The maximum Gasteiger partial charge on any atom is 0.227 e. The largest absolute Gasteiger partial charge is 0.343 e. The van der Waals surface area contributed by atoms with Crippen molar-refractivity contribution in [1.29, 1.82) is 0 Å². The summed E-state index contributed by atoms with van der Waals surface area (Å²) in [7, 11) is 0. The summed E-state index contributed by atoms with van der Waals surface area (Å²) >= 11 is 11.9. The second kappa shape index (κ2) is 6.67. The molecule has 0 aliphatic carbocycles. The first-order valence-corrected chi connectivity index (χ1v) is 7.77. The Morgan fingerprint density at radius 3 is 2.33 bits per heavy atom. The van der Waals surface area contributed by atoms with Gasteiger partial charge in [-0.2, -0.15) is 0 Å². The van der Waals surface area contributed by atoms with Gasteiger partial charge in [0.1, 0.15) is 0 Å². The average Bonchev–Trinajstić information content (AvgIpc) is 2.81. The molecule has 0 spiro atoms. The highest BCUT2D eigenvalue weighted by atomic mass is 35.5. The molecule has 0 N–H and O–H groups in total. The Kier molecular flexibility index (Phi) is 5.12. The van der Waals surface area contributed by atoms with Crippen LogP contribution in [0.1, 0.15) is 20.3 Å². The van der Waals surface area contributed by atoms with Gasteiger partial charge in [0.2, 0.25) is 11.8 Å². The summed E-state index contributed by atoms with van der Waals surface area (Å²) in [6, 6.07) is 5.00. The first-order valence-electron chi connectivity index (χ1n) is 7.01. The Bertz CT molecular complexity index is 538. The molecule has 114 valence electrons. The van der Waals surface area contributed by atoms with Crippen LogP contribution < -0.4 is 4.90 Å². The lowest BCUT2D eigenvalue weighted by atomic mass is 10.1. The Morgan fingerprint density at radius 2 is 1.81 bits per heavy atom. The van der Waals surface area contributed by atoms with E-state index in [0.29, 0.717) is 35.4 Å². The van der Waals surface area contributed by atoms with Gasteiger partial charge in [-0.15, -0.1) is 0 Å². The zero-order valence-corrected chi connectivity index (χ0v) is 13.6. The van der Waals surface area contributed by atoms with E-state index in [4.69, 9.17) is 23.2 Å². The molecule has 21 heavy (non-hydrogen) atoms. The fourth-order valence-corrected chi connectivity index (χ4v) is 3.13. The van der Waals surface area contributed by atoms with Gasteiger partial charge in [0, 0.05) is 41.8 Å². The van der Waals surface area contributed by atoms with Crippen LogP contribution in [0.15, 0.2) is 18.2 Å². The quantitative estimate of drug-likeness (QED) is 0.851. The second-order valence-electron chi connectivity index (χ2n) is 5.04. The topological polar surface area (TPSA) is 40.6 Å². The molecule has 1 aliphatic heterocycles. The minimum absolute atomic E-state index is 0.0315. The number of hydrogen-bond donors (Lipinski definition) is 0. The molecule has 2 rings (SSSR count). The van der Waals surface area contributed by atoms with Crippen molar-refractivity contribution >= 4 is 40.7 Å². The molecule has 0 bridgehead atoms. The summed E-state index contributed by atoms with van der Waals surface area (Å²) in [5.41, 5.74) is 0.646. The molecule has 1 fully saturated rings. The number of hydrogen-bond acceptors (Lipinski definition) is 2. The van der Waals surface area contributed by atoms with E-state index in [2.05, 4.69) is 0 Å². The van der Waals surface area contributed by atoms with Gasteiger partial charge < -0.3 is 9.80 Å². The number of amides is 2. The standard InChI is InChI=1S/C15H18Cl2N2O2/c1-3-18(4-2)15(21)10-5-14(20)19(9-10)13-7-11(16)6-12(17)8-13/h6-8,10H,3-5,9H2,1-2H3. The zero-order chi connectivity index (χ0) is 15.6. The van der Waals surface area contributed by atoms with Crippen molar-refractivity contribution in [2.45, 2.75) is 20.3 Å². The Morgan fingerprint density at radius 1 is 1.24 bits per heavy atom. The van der Waals surface area contributed by atoms with Crippen LogP contribution in [-0.4, -0.2) is 36.3 Å². The summed E-state index contributed by atoms with van der Waals surface area (Å²) in [5, 5.41) is 0.952. The van der Waals surface area contributed by atoms with Gasteiger partial charge in [-0.05, 0) is 32.0 Å². The number of nitrogens with zero attached hydrogens (tertiary/aromatic N) is 2. The molecule has 1 aromatic carbocycles. The van der Waals surface area contributed by atoms with Crippen LogP contribution in [0.2, 0.25) is 10.0 Å². The Labute approximate surface area is 134 Å². The smallest absolute Gasteiger partial charge is 0.227 e. The van der Waals surface area contributed by atoms with Crippen molar-refractivity contribution in [3.8, 4) is 0 Å². The molecule has 1 heterocycles. The molecule has 0 radical (unpaired) electrons. The molecule has 1 saturated heterocycles. The molecule has 1 aliphatic rings. The molecule has 1 atom stereocenters. The fraction of sp³-hybridized carbons (Fsp3) is 0.467. The molecular weight excluding hydrogens is 311 g/mol. The highest BCUT2D eigenvalue weighted by Gasteiger charge is 2.36. The lowest BCUT2D eigenvalue weighted by molar-refractivity contribution is -0.135. The Balaban J connectivity index is 2.18. The Hall–Kier alpha value is -1.26. The highest BCUT2D eigenvalue weighted by molar-refractivity contribution is 6.35. The van der Waals surface area contributed by atoms with Crippen molar-refractivity contribution in [2.75, 3.05) is 24.5 Å². The van der Waals surface area contributed by atoms with E-state index in [1.807, 2.05) is 13.8 Å². The predicted octanol–water partition coefficient (Wildman–Crippen LogP) is 3.21. The third-order valence-corrected chi connectivity index (χ3v) is 4.14. The zero-order valence-electron chi connectivity index (χ0n) is 12.1. The van der Waals surface area contributed by atoms with E-state index in [0.717, 1.165) is 0 Å². The summed E-state index contributed by atoms with van der Waals surface area (Å²) < 4.78 is 0. The third kappa shape index (κ3) is 3.50.